The van der Waals surface area contributed by atoms with E-state index in [-0.39, 0.29) is 18.3 Å². The number of fused-ring (bicyclic) bond motifs is 1. The lowest BCUT2D eigenvalue weighted by atomic mass is 9.96. The molecule has 0 saturated carbocycles. The van der Waals surface area contributed by atoms with E-state index in [0.717, 1.165) is 11.1 Å². The third-order valence-corrected chi connectivity index (χ3v) is 5.30. The predicted octanol–water partition coefficient (Wildman–Crippen LogP) is 5.19. The zero-order valence-corrected chi connectivity index (χ0v) is 17.6. The summed E-state index contributed by atoms with van der Waals surface area (Å²) in [7, 11) is 0. The molecule has 156 valence electrons. The van der Waals surface area contributed by atoms with Gasteiger partial charge in [-0.2, -0.15) is 0 Å². The fourth-order valence-electron chi connectivity index (χ4n) is 3.40. The fourth-order valence-corrected chi connectivity index (χ4v) is 3.67. The molecule has 0 fully saturated rings. The molecular formula is C25H21ClN2O3. The van der Waals surface area contributed by atoms with E-state index >= 15 is 0 Å². The smallest absolute Gasteiger partial charge is 0.258 e. The van der Waals surface area contributed by atoms with Crippen molar-refractivity contribution in [2.24, 2.45) is 0 Å². The maximum atomic E-state index is 12.7. The number of hydrogen-bond donors (Lipinski definition) is 2. The molecule has 0 aliphatic rings. The molecule has 4 aromatic rings. The number of aryl methyl sites for hydroxylation is 1. The first kappa shape index (κ1) is 20.7. The summed E-state index contributed by atoms with van der Waals surface area (Å²) in [5.41, 5.74) is 2.76. The number of phenols is 1. The third-order valence-electron chi connectivity index (χ3n) is 4.99. The Morgan fingerprint density at radius 3 is 2.58 bits per heavy atom. The largest absolute Gasteiger partial charge is 0.505 e. The summed E-state index contributed by atoms with van der Waals surface area (Å²) in [6.07, 6.45) is 1.59. The molecule has 1 aromatic heterocycles. The van der Waals surface area contributed by atoms with Crippen molar-refractivity contribution in [3.63, 3.8) is 0 Å². The Kier molecular flexibility index (Phi) is 6.05. The predicted molar refractivity (Wildman–Crippen MR) is 122 cm³/mol. The number of hydrogen-bond acceptors (Lipinski definition) is 4. The van der Waals surface area contributed by atoms with Gasteiger partial charge in [0.05, 0.1) is 11.1 Å². The number of halogens is 1. The van der Waals surface area contributed by atoms with E-state index < -0.39 is 6.04 Å². The van der Waals surface area contributed by atoms with Gasteiger partial charge in [0.15, 0.2) is 6.61 Å². The lowest BCUT2D eigenvalue weighted by Gasteiger charge is -2.22. The molecule has 1 atom stereocenters. The Hall–Kier alpha value is -3.57. The Bertz CT molecular complexity index is 1210. The lowest BCUT2D eigenvalue weighted by molar-refractivity contribution is -0.123. The van der Waals surface area contributed by atoms with E-state index in [4.69, 9.17) is 16.3 Å². The minimum atomic E-state index is -0.626. The van der Waals surface area contributed by atoms with E-state index in [2.05, 4.69) is 10.3 Å². The number of rotatable bonds is 6. The molecule has 1 unspecified atom stereocenters. The van der Waals surface area contributed by atoms with Crippen molar-refractivity contribution in [2.45, 2.75) is 13.0 Å². The second-order valence-electron chi connectivity index (χ2n) is 7.21. The van der Waals surface area contributed by atoms with Crippen LogP contribution in [0.2, 0.25) is 5.02 Å². The van der Waals surface area contributed by atoms with Gasteiger partial charge < -0.3 is 15.2 Å². The van der Waals surface area contributed by atoms with Gasteiger partial charge in [-0.15, -0.1) is 0 Å². The van der Waals surface area contributed by atoms with Crippen molar-refractivity contribution in [1.82, 2.24) is 10.3 Å². The maximum absolute atomic E-state index is 12.7. The number of nitrogens with zero attached hydrogens (tertiary/aromatic N) is 1. The van der Waals surface area contributed by atoms with Gasteiger partial charge in [-0.3, -0.25) is 9.78 Å². The molecular weight excluding hydrogens is 412 g/mol. The summed E-state index contributed by atoms with van der Waals surface area (Å²) >= 11 is 6.47. The Labute approximate surface area is 185 Å². The number of benzene rings is 3. The van der Waals surface area contributed by atoms with Gasteiger partial charge in [0.2, 0.25) is 0 Å². The van der Waals surface area contributed by atoms with Gasteiger partial charge in [-0.25, -0.2) is 0 Å². The van der Waals surface area contributed by atoms with E-state index in [0.29, 0.717) is 27.2 Å². The second kappa shape index (κ2) is 9.06. The molecule has 0 spiro atoms. The molecule has 1 heterocycles. The normalized spacial score (nSPS) is 11.8. The van der Waals surface area contributed by atoms with Crippen molar-refractivity contribution in [2.75, 3.05) is 6.61 Å². The van der Waals surface area contributed by atoms with Crippen molar-refractivity contribution in [3.05, 3.63) is 101 Å². The van der Waals surface area contributed by atoms with Crippen LogP contribution in [0.15, 0.2) is 79.0 Å². The zero-order chi connectivity index (χ0) is 21.8. The van der Waals surface area contributed by atoms with Crippen molar-refractivity contribution < 1.29 is 14.6 Å². The number of amides is 1. The lowest BCUT2D eigenvalue weighted by Crippen LogP contribution is -2.33. The molecule has 0 bridgehead atoms. The number of pyridine rings is 1. The van der Waals surface area contributed by atoms with Gasteiger partial charge in [0.25, 0.3) is 5.91 Å². The van der Waals surface area contributed by atoms with Crippen LogP contribution in [-0.2, 0) is 4.79 Å². The Balaban J connectivity index is 1.64. The van der Waals surface area contributed by atoms with Crippen LogP contribution in [0.1, 0.15) is 22.7 Å². The van der Waals surface area contributed by atoms with Crippen LogP contribution in [0.4, 0.5) is 0 Å². The summed E-state index contributed by atoms with van der Waals surface area (Å²) in [5.74, 6) is 0.262. The molecule has 3 aromatic carbocycles. The maximum Gasteiger partial charge on any atom is 0.258 e. The summed E-state index contributed by atoms with van der Waals surface area (Å²) < 4.78 is 5.61. The van der Waals surface area contributed by atoms with Crippen molar-refractivity contribution in [3.8, 4) is 11.5 Å². The highest BCUT2D eigenvalue weighted by atomic mass is 35.5. The van der Waals surface area contributed by atoms with Crippen LogP contribution >= 0.6 is 11.6 Å². The van der Waals surface area contributed by atoms with Gasteiger partial charge in [0, 0.05) is 17.1 Å². The molecule has 0 saturated heterocycles. The van der Waals surface area contributed by atoms with Crippen LogP contribution in [0, 0.1) is 6.92 Å². The molecule has 1 amide bonds. The number of nitrogens with one attached hydrogen (secondary N) is 1. The van der Waals surface area contributed by atoms with E-state index in [1.165, 1.54) is 0 Å². The molecule has 31 heavy (non-hydrogen) atoms. The summed E-state index contributed by atoms with van der Waals surface area (Å²) in [4.78, 5) is 17.0. The number of aromatic hydroxyl groups is 1. The van der Waals surface area contributed by atoms with Crippen molar-refractivity contribution in [1.29, 1.82) is 0 Å². The van der Waals surface area contributed by atoms with Gasteiger partial charge in [-0.05, 0) is 42.8 Å². The molecule has 5 nitrogen and oxygen atoms in total. The van der Waals surface area contributed by atoms with Gasteiger partial charge >= 0.3 is 0 Å². The Morgan fingerprint density at radius 1 is 1.10 bits per heavy atom. The van der Waals surface area contributed by atoms with Crippen LogP contribution in [-0.4, -0.2) is 22.6 Å². The van der Waals surface area contributed by atoms with E-state index in [9.17, 15) is 9.90 Å². The zero-order valence-electron chi connectivity index (χ0n) is 16.9. The second-order valence-corrected chi connectivity index (χ2v) is 7.62. The highest BCUT2D eigenvalue weighted by molar-refractivity contribution is 6.35. The highest BCUT2D eigenvalue weighted by Crippen LogP contribution is 2.38. The topological polar surface area (TPSA) is 71.5 Å². The quantitative estimate of drug-likeness (QED) is 0.440. The minimum absolute atomic E-state index is 0.0198. The third kappa shape index (κ3) is 4.62. The van der Waals surface area contributed by atoms with Crippen LogP contribution in [0.5, 0.6) is 11.5 Å². The van der Waals surface area contributed by atoms with Crippen LogP contribution < -0.4 is 10.1 Å². The van der Waals surface area contributed by atoms with Crippen LogP contribution in [0.25, 0.3) is 10.9 Å². The number of ether oxygens (including phenoxy) is 1. The highest BCUT2D eigenvalue weighted by Gasteiger charge is 2.23. The molecule has 0 radical (unpaired) electrons. The molecule has 6 heteroatoms. The number of phenolic OH excluding ortho intramolecular Hbond substituents is 1. The number of aromatic nitrogens is 1. The molecule has 2 N–H and O–H groups in total. The summed E-state index contributed by atoms with van der Waals surface area (Å²) in [6, 6.07) is 21.4. The average Bonchev–Trinajstić information content (AvgIpc) is 2.80. The van der Waals surface area contributed by atoms with E-state index in [1.807, 2.05) is 61.5 Å². The molecule has 0 aliphatic heterocycles. The summed E-state index contributed by atoms with van der Waals surface area (Å²) in [6.45, 7) is 1.82. The first-order valence-electron chi connectivity index (χ1n) is 9.83. The average molecular weight is 433 g/mol. The first-order chi connectivity index (χ1) is 15.0. The van der Waals surface area contributed by atoms with Gasteiger partial charge in [-0.1, -0.05) is 59.6 Å². The first-order valence-corrected chi connectivity index (χ1v) is 10.2. The van der Waals surface area contributed by atoms with E-state index in [1.54, 1.807) is 24.4 Å². The van der Waals surface area contributed by atoms with Crippen LogP contribution in [0.3, 0.4) is 0 Å². The number of carbonyl (C=O) groups excluding carboxylic acids is 1. The monoisotopic (exact) mass is 432 g/mol. The van der Waals surface area contributed by atoms with Gasteiger partial charge in [0.1, 0.15) is 17.0 Å². The standard InChI is InChI=1S/C25H21ClN2O3/c1-16-9-11-18(12-10-16)31-15-22(29)28-23(17-6-3-2-4-7-17)20-14-21(26)19-8-5-13-27-24(19)25(20)30/h2-14,23,30H,15H2,1H3,(H,28,29). The molecule has 0 aliphatic carbocycles. The fraction of sp³-hybridized carbons (Fsp3) is 0.120. The minimum Gasteiger partial charge on any atom is -0.505 e. The summed E-state index contributed by atoms with van der Waals surface area (Å²) in [5, 5.41) is 15.0. The molecule has 4 rings (SSSR count). The Morgan fingerprint density at radius 2 is 1.84 bits per heavy atom. The van der Waals surface area contributed by atoms with Crippen molar-refractivity contribution >= 4 is 28.4 Å². The SMILES string of the molecule is Cc1ccc(OCC(=O)NC(c2ccccc2)c2cc(Cl)c3cccnc3c2O)cc1. The number of carbonyl (C=O) groups is 1.